The maximum Gasteiger partial charge on any atom is 0.274 e. The van der Waals surface area contributed by atoms with Crippen LogP contribution in [0.25, 0.3) is 0 Å². The molecule has 0 spiro atoms. The second kappa shape index (κ2) is 7.65. The lowest BCUT2D eigenvalue weighted by molar-refractivity contribution is 0.0563. The van der Waals surface area contributed by atoms with Crippen molar-refractivity contribution in [2.45, 2.75) is 31.7 Å². The molecule has 1 aromatic carbocycles. The van der Waals surface area contributed by atoms with Crippen LogP contribution in [0.2, 0.25) is 0 Å². The van der Waals surface area contributed by atoms with Gasteiger partial charge in [-0.1, -0.05) is 12.1 Å². The summed E-state index contributed by atoms with van der Waals surface area (Å²) in [5.41, 5.74) is 1.13. The molecule has 1 aliphatic rings. The molecule has 0 aliphatic carbocycles. The molecule has 0 saturated carbocycles. The Hall–Kier alpha value is -3.09. The van der Waals surface area contributed by atoms with E-state index in [0.29, 0.717) is 30.3 Å². The second-order valence-electron chi connectivity index (χ2n) is 6.57. The number of aromatic nitrogens is 3. The van der Waals surface area contributed by atoms with Gasteiger partial charge in [0.05, 0.1) is 12.4 Å². The van der Waals surface area contributed by atoms with Gasteiger partial charge in [0.1, 0.15) is 23.3 Å². The van der Waals surface area contributed by atoms with E-state index in [4.69, 9.17) is 4.42 Å². The molecule has 7 heteroatoms. The Bertz CT molecular complexity index is 928. The number of hydrogen-bond acceptors (Lipinski definition) is 5. The van der Waals surface area contributed by atoms with Gasteiger partial charge in [0.25, 0.3) is 5.91 Å². The molecule has 1 atom stereocenters. The lowest BCUT2D eigenvalue weighted by Crippen LogP contribution is -2.39. The zero-order valence-corrected chi connectivity index (χ0v) is 14.7. The molecular formula is C20H19FN4O2. The van der Waals surface area contributed by atoms with Crippen LogP contribution in [0.15, 0.2) is 53.5 Å². The number of oxazole rings is 1. The first-order chi connectivity index (χ1) is 13.2. The smallest absolute Gasteiger partial charge is 0.274 e. The van der Waals surface area contributed by atoms with Crippen molar-refractivity contribution in [2.75, 3.05) is 6.54 Å². The van der Waals surface area contributed by atoms with E-state index in [1.54, 1.807) is 17.2 Å². The van der Waals surface area contributed by atoms with Crippen molar-refractivity contribution < 1.29 is 13.6 Å². The monoisotopic (exact) mass is 366 g/mol. The zero-order chi connectivity index (χ0) is 18.6. The van der Waals surface area contributed by atoms with E-state index in [9.17, 15) is 9.18 Å². The largest absolute Gasteiger partial charge is 0.443 e. The van der Waals surface area contributed by atoms with Gasteiger partial charge in [0.15, 0.2) is 0 Å². The van der Waals surface area contributed by atoms with Crippen molar-refractivity contribution in [2.24, 2.45) is 0 Å². The number of piperidine rings is 1. The van der Waals surface area contributed by atoms with Crippen molar-refractivity contribution in [3.63, 3.8) is 0 Å². The molecule has 1 fully saturated rings. The summed E-state index contributed by atoms with van der Waals surface area (Å²) in [6.07, 6.45) is 9.34. The van der Waals surface area contributed by atoms with E-state index in [-0.39, 0.29) is 17.8 Å². The van der Waals surface area contributed by atoms with Gasteiger partial charge in [-0.25, -0.2) is 14.4 Å². The molecule has 27 heavy (non-hydrogen) atoms. The van der Waals surface area contributed by atoms with Crippen LogP contribution in [0.5, 0.6) is 0 Å². The van der Waals surface area contributed by atoms with E-state index in [1.807, 2.05) is 6.07 Å². The van der Waals surface area contributed by atoms with Crippen LogP contribution in [-0.4, -0.2) is 32.3 Å². The van der Waals surface area contributed by atoms with Crippen molar-refractivity contribution in [3.05, 3.63) is 77.8 Å². The fraction of sp³-hybridized carbons (Fsp3) is 0.300. The van der Waals surface area contributed by atoms with Crippen LogP contribution in [0.1, 0.15) is 53.0 Å². The summed E-state index contributed by atoms with van der Waals surface area (Å²) in [5, 5.41) is 0. The standard InChI is InChI=1S/C20H19FN4O2/c21-15-5-3-4-14(10-15)11-16-12-24-19(27-16)18-6-1-2-9-25(18)20(26)17-13-22-7-8-23-17/h3-5,7-8,10,12-13,18H,1-2,6,9,11H2/t18-/m1/s1. The summed E-state index contributed by atoms with van der Waals surface area (Å²) < 4.78 is 19.3. The summed E-state index contributed by atoms with van der Waals surface area (Å²) in [7, 11) is 0. The molecule has 6 nitrogen and oxygen atoms in total. The highest BCUT2D eigenvalue weighted by Crippen LogP contribution is 2.32. The molecule has 4 rings (SSSR count). The molecule has 0 unspecified atom stereocenters. The summed E-state index contributed by atoms with van der Waals surface area (Å²) in [6, 6.07) is 6.18. The molecule has 2 aromatic heterocycles. The number of amides is 1. The summed E-state index contributed by atoms with van der Waals surface area (Å²) in [5.74, 6) is 0.712. The Morgan fingerprint density at radius 2 is 2.15 bits per heavy atom. The number of carbonyl (C=O) groups is 1. The van der Waals surface area contributed by atoms with Crippen LogP contribution in [0, 0.1) is 5.82 Å². The maximum absolute atomic E-state index is 13.4. The number of carbonyl (C=O) groups excluding carboxylic acids is 1. The minimum atomic E-state index is -0.278. The average Bonchev–Trinajstić information content (AvgIpc) is 3.16. The van der Waals surface area contributed by atoms with Gasteiger partial charge in [-0.15, -0.1) is 0 Å². The molecule has 1 saturated heterocycles. The number of halogens is 1. The van der Waals surface area contributed by atoms with Crippen LogP contribution >= 0.6 is 0 Å². The van der Waals surface area contributed by atoms with Crippen LogP contribution in [-0.2, 0) is 6.42 Å². The van der Waals surface area contributed by atoms with Crippen molar-refractivity contribution in [1.82, 2.24) is 19.9 Å². The van der Waals surface area contributed by atoms with E-state index >= 15 is 0 Å². The predicted octanol–water partition coefficient (Wildman–Crippen LogP) is 3.56. The van der Waals surface area contributed by atoms with Crippen LogP contribution in [0.3, 0.4) is 0 Å². The molecule has 138 valence electrons. The van der Waals surface area contributed by atoms with E-state index in [0.717, 1.165) is 24.8 Å². The van der Waals surface area contributed by atoms with Gasteiger partial charge >= 0.3 is 0 Å². The predicted molar refractivity (Wildman–Crippen MR) is 95.4 cm³/mol. The van der Waals surface area contributed by atoms with Crippen LogP contribution < -0.4 is 0 Å². The first-order valence-electron chi connectivity index (χ1n) is 8.97. The third-order valence-electron chi connectivity index (χ3n) is 4.67. The Kier molecular flexibility index (Phi) is 4.91. The third kappa shape index (κ3) is 3.86. The molecular weight excluding hydrogens is 347 g/mol. The van der Waals surface area contributed by atoms with E-state index < -0.39 is 0 Å². The SMILES string of the molecule is O=C(c1cnccn1)N1CCCC[C@@H]1c1ncc(Cc2cccc(F)c2)o1. The van der Waals surface area contributed by atoms with E-state index in [1.165, 1.54) is 30.7 Å². The number of nitrogens with zero attached hydrogens (tertiary/aromatic N) is 4. The van der Waals surface area contributed by atoms with Gasteiger partial charge in [0, 0.05) is 25.4 Å². The first kappa shape index (κ1) is 17.3. The highest BCUT2D eigenvalue weighted by molar-refractivity contribution is 5.92. The minimum absolute atomic E-state index is 0.169. The Labute approximate surface area is 156 Å². The number of likely N-dealkylation sites (tertiary alicyclic amines) is 1. The fourth-order valence-electron chi connectivity index (χ4n) is 3.39. The zero-order valence-electron chi connectivity index (χ0n) is 14.7. The van der Waals surface area contributed by atoms with Gasteiger partial charge in [-0.3, -0.25) is 9.78 Å². The summed E-state index contributed by atoms with van der Waals surface area (Å²) in [6.45, 7) is 0.627. The summed E-state index contributed by atoms with van der Waals surface area (Å²) in [4.78, 5) is 27.1. The van der Waals surface area contributed by atoms with Crippen LogP contribution in [0.4, 0.5) is 4.39 Å². The summed E-state index contributed by atoms with van der Waals surface area (Å²) >= 11 is 0. The lowest BCUT2D eigenvalue weighted by atomic mass is 10.0. The quantitative estimate of drug-likeness (QED) is 0.706. The molecule has 0 bridgehead atoms. The molecule has 3 heterocycles. The minimum Gasteiger partial charge on any atom is -0.443 e. The van der Waals surface area contributed by atoms with Gasteiger partial charge < -0.3 is 9.32 Å². The third-order valence-corrected chi connectivity index (χ3v) is 4.67. The topological polar surface area (TPSA) is 72.1 Å². The molecule has 0 N–H and O–H groups in total. The fourth-order valence-corrected chi connectivity index (χ4v) is 3.39. The Morgan fingerprint density at radius 1 is 1.22 bits per heavy atom. The van der Waals surface area contributed by atoms with Gasteiger partial charge in [-0.05, 0) is 37.0 Å². The van der Waals surface area contributed by atoms with Crippen molar-refractivity contribution in [1.29, 1.82) is 0 Å². The number of benzene rings is 1. The second-order valence-corrected chi connectivity index (χ2v) is 6.57. The van der Waals surface area contributed by atoms with Crippen molar-refractivity contribution in [3.8, 4) is 0 Å². The Morgan fingerprint density at radius 3 is 2.96 bits per heavy atom. The Balaban J connectivity index is 1.54. The van der Waals surface area contributed by atoms with Gasteiger partial charge in [-0.2, -0.15) is 0 Å². The van der Waals surface area contributed by atoms with Gasteiger partial charge in [0.2, 0.25) is 5.89 Å². The van der Waals surface area contributed by atoms with Crippen molar-refractivity contribution >= 4 is 5.91 Å². The highest BCUT2D eigenvalue weighted by atomic mass is 19.1. The normalized spacial score (nSPS) is 17.1. The molecule has 3 aromatic rings. The first-order valence-corrected chi connectivity index (χ1v) is 8.97. The lowest BCUT2D eigenvalue weighted by Gasteiger charge is -2.33. The molecule has 0 radical (unpaired) electrons. The number of rotatable bonds is 4. The highest BCUT2D eigenvalue weighted by Gasteiger charge is 2.32. The van der Waals surface area contributed by atoms with E-state index in [2.05, 4.69) is 15.0 Å². The number of hydrogen-bond donors (Lipinski definition) is 0. The maximum atomic E-state index is 13.4. The molecule has 1 amide bonds. The average molecular weight is 366 g/mol. The molecule has 1 aliphatic heterocycles.